The van der Waals surface area contributed by atoms with Gasteiger partial charge in [0.05, 0.1) is 7.11 Å². The van der Waals surface area contributed by atoms with Crippen LogP contribution >= 0.6 is 0 Å². The molecule has 0 aliphatic heterocycles. The Bertz CT molecular complexity index is 903. The monoisotopic (exact) mass is 390 g/mol. The number of nitrogens with one attached hydrogen (secondary N) is 1. The Morgan fingerprint density at radius 2 is 2.00 bits per heavy atom. The minimum absolute atomic E-state index is 0.0102. The van der Waals surface area contributed by atoms with Gasteiger partial charge in [0.25, 0.3) is 5.91 Å². The molecule has 0 atom stereocenters. The molecule has 3 N–H and O–H groups in total. The summed E-state index contributed by atoms with van der Waals surface area (Å²) in [4.78, 5) is 26.8. The summed E-state index contributed by atoms with van der Waals surface area (Å²) in [6.07, 6.45) is 2.57. The molecule has 1 aromatic carbocycles. The van der Waals surface area contributed by atoms with Crippen LogP contribution in [0.3, 0.4) is 0 Å². The molecule has 150 valence electrons. The molecule has 0 saturated heterocycles. The van der Waals surface area contributed by atoms with Crippen molar-refractivity contribution in [2.24, 2.45) is 5.73 Å². The molecule has 1 fully saturated rings. The lowest BCUT2D eigenvalue weighted by atomic mass is 9.95. The summed E-state index contributed by atoms with van der Waals surface area (Å²) >= 11 is 0. The predicted molar refractivity (Wildman–Crippen MR) is 101 cm³/mol. The Labute approximate surface area is 161 Å². The largest absolute Gasteiger partial charge is 0.494 e. The van der Waals surface area contributed by atoms with Gasteiger partial charge in [-0.3, -0.25) is 9.59 Å². The highest BCUT2D eigenvalue weighted by Gasteiger charge is 2.42. The topological polar surface area (TPSA) is 111 Å². The molecular weight excluding hydrogens is 367 g/mol. The fourth-order valence-corrected chi connectivity index (χ4v) is 3.48. The second kappa shape index (κ2) is 7.49. The van der Waals surface area contributed by atoms with Gasteiger partial charge in [0, 0.05) is 19.7 Å². The maximum atomic E-state index is 13.8. The average molecular weight is 390 g/mol. The van der Waals surface area contributed by atoms with E-state index in [1.54, 1.807) is 19.0 Å². The molecule has 9 heteroatoms. The Morgan fingerprint density at radius 3 is 2.57 bits per heavy atom. The summed E-state index contributed by atoms with van der Waals surface area (Å²) in [6, 6.07) is 4.11. The van der Waals surface area contributed by atoms with Gasteiger partial charge in [0.1, 0.15) is 11.1 Å². The SMILES string of the molecule is COc1cc(-c2onc(N(C)C)c2C(=O)NC2(C(N)=O)CCCC2)ccc1F. The smallest absolute Gasteiger partial charge is 0.259 e. The van der Waals surface area contributed by atoms with Crippen LogP contribution in [0.2, 0.25) is 0 Å². The summed E-state index contributed by atoms with van der Waals surface area (Å²) < 4.78 is 24.2. The number of nitrogens with two attached hydrogens (primary N) is 1. The average Bonchev–Trinajstić information content (AvgIpc) is 3.30. The Morgan fingerprint density at radius 1 is 1.32 bits per heavy atom. The van der Waals surface area contributed by atoms with Crippen molar-refractivity contribution in [1.29, 1.82) is 0 Å². The first kappa shape index (κ1) is 19.7. The molecule has 1 aromatic heterocycles. The number of hydrogen-bond acceptors (Lipinski definition) is 6. The van der Waals surface area contributed by atoms with E-state index >= 15 is 0 Å². The Kier molecular flexibility index (Phi) is 5.26. The Hall–Kier alpha value is -3.10. The molecule has 2 aromatic rings. The number of ether oxygens (including phenoxy) is 1. The van der Waals surface area contributed by atoms with Crippen LogP contribution in [0.1, 0.15) is 36.0 Å². The standard InChI is InChI=1S/C19H23FN4O4/c1-24(2)16-14(17(25)22-19(18(21)26)8-4-5-9-19)15(28-23-16)11-6-7-12(20)13(10-11)27-3/h6-7,10H,4-5,8-9H2,1-3H3,(H2,21,26)(H,22,25). The molecule has 3 rings (SSSR count). The number of benzene rings is 1. The predicted octanol–water partition coefficient (Wildman–Crippen LogP) is 2.08. The van der Waals surface area contributed by atoms with Gasteiger partial charge in [-0.15, -0.1) is 0 Å². The number of hydrogen-bond donors (Lipinski definition) is 2. The van der Waals surface area contributed by atoms with Gasteiger partial charge in [-0.2, -0.15) is 0 Å². The van der Waals surface area contributed by atoms with E-state index in [1.165, 1.54) is 25.3 Å². The van der Waals surface area contributed by atoms with E-state index in [9.17, 15) is 14.0 Å². The zero-order chi connectivity index (χ0) is 20.5. The first-order valence-corrected chi connectivity index (χ1v) is 8.92. The number of carbonyl (C=O) groups is 2. The lowest BCUT2D eigenvalue weighted by Crippen LogP contribution is -2.55. The van der Waals surface area contributed by atoms with Crippen LogP contribution in [0.5, 0.6) is 5.75 Å². The van der Waals surface area contributed by atoms with E-state index in [-0.39, 0.29) is 22.9 Å². The lowest BCUT2D eigenvalue weighted by molar-refractivity contribution is -0.123. The highest BCUT2D eigenvalue weighted by Crippen LogP contribution is 2.35. The van der Waals surface area contributed by atoms with Crippen molar-refractivity contribution in [1.82, 2.24) is 10.5 Å². The maximum Gasteiger partial charge on any atom is 0.259 e. The van der Waals surface area contributed by atoms with E-state index in [0.717, 1.165) is 12.8 Å². The van der Waals surface area contributed by atoms with E-state index in [1.807, 2.05) is 0 Å². The molecule has 28 heavy (non-hydrogen) atoms. The minimum atomic E-state index is -1.09. The van der Waals surface area contributed by atoms with Crippen LogP contribution in [-0.4, -0.2) is 43.7 Å². The number of primary amides is 1. The van der Waals surface area contributed by atoms with Crippen molar-refractivity contribution in [3.63, 3.8) is 0 Å². The fraction of sp³-hybridized carbons (Fsp3) is 0.421. The number of rotatable bonds is 6. The number of methoxy groups -OCH3 is 1. The second-order valence-corrected chi connectivity index (χ2v) is 7.06. The van der Waals surface area contributed by atoms with E-state index < -0.39 is 23.2 Å². The number of anilines is 1. The number of halogens is 1. The van der Waals surface area contributed by atoms with Crippen molar-refractivity contribution >= 4 is 17.6 Å². The first-order chi connectivity index (χ1) is 13.3. The molecule has 1 heterocycles. The summed E-state index contributed by atoms with van der Waals surface area (Å²) in [5.41, 5.74) is 5.05. The summed E-state index contributed by atoms with van der Waals surface area (Å²) in [5, 5.41) is 6.77. The minimum Gasteiger partial charge on any atom is -0.494 e. The van der Waals surface area contributed by atoms with Crippen LogP contribution in [-0.2, 0) is 4.79 Å². The van der Waals surface area contributed by atoms with Crippen LogP contribution in [0, 0.1) is 5.82 Å². The normalized spacial score (nSPS) is 15.3. The molecule has 1 aliphatic rings. The third kappa shape index (κ3) is 3.39. The van der Waals surface area contributed by atoms with Crippen molar-refractivity contribution in [2.45, 2.75) is 31.2 Å². The fourth-order valence-electron chi connectivity index (χ4n) is 3.48. The van der Waals surface area contributed by atoms with E-state index in [2.05, 4.69) is 10.5 Å². The zero-order valence-corrected chi connectivity index (χ0v) is 16.0. The number of nitrogens with zero attached hydrogens (tertiary/aromatic N) is 2. The van der Waals surface area contributed by atoms with E-state index in [4.69, 9.17) is 15.0 Å². The highest BCUT2D eigenvalue weighted by molar-refractivity contribution is 6.06. The van der Waals surface area contributed by atoms with Crippen molar-refractivity contribution in [3.05, 3.63) is 29.6 Å². The Balaban J connectivity index is 2.05. The molecule has 0 radical (unpaired) electrons. The molecule has 8 nitrogen and oxygen atoms in total. The van der Waals surface area contributed by atoms with Gasteiger partial charge in [-0.25, -0.2) is 4.39 Å². The summed E-state index contributed by atoms with van der Waals surface area (Å²) in [5.74, 6) is -1.18. The second-order valence-electron chi connectivity index (χ2n) is 7.06. The van der Waals surface area contributed by atoms with Crippen molar-refractivity contribution in [3.8, 4) is 17.1 Å². The van der Waals surface area contributed by atoms with Gasteiger partial charge in [0.2, 0.25) is 5.91 Å². The zero-order valence-electron chi connectivity index (χ0n) is 16.0. The van der Waals surface area contributed by atoms with Gasteiger partial charge < -0.3 is 25.2 Å². The molecule has 0 bridgehead atoms. The number of aromatic nitrogens is 1. The quantitative estimate of drug-likeness (QED) is 0.781. The van der Waals surface area contributed by atoms with Gasteiger partial charge >= 0.3 is 0 Å². The first-order valence-electron chi connectivity index (χ1n) is 8.92. The molecule has 1 aliphatic carbocycles. The van der Waals surface area contributed by atoms with Crippen LogP contribution < -0.4 is 20.7 Å². The molecule has 0 spiro atoms. The van der Waals surface area contributed by atoms with Crippen LogP contribution in [0.25, 0.3) is 11.3 Å². The highest BCUT2D eigenvalue weighted by atomic mass is 19.1. The third-order valence-corrected chi connectivity index (χ3v) is 5.02. The molecule has 1 saturated carbocycles. The van der Waals surface area contributed by atoms with Crippen LogP contribution in [0.15, 0.2) is 22.7 Å². The van der Waals surface area contributed by atoms with Gasteiger partial charge in [0.15, 0.2) is 23.1 Å². The van der Waals surface area contributed by atoms with E-state index in [0.29, 0.717) is 18.4 Å². The van der Waals surface area contributed by atoms with Crippen molar-refractivity contribution < 1.29 is 23.2 Å². The number of amides is 2. The van der Waals surface area contributed by atoms with Gasteiger partial charge in [-0.1, -0.05) is 18.0 Å². The molecular formula is C19H23FN4O4. The third-order valence-electron chi connectivity index (χ3n) is 5.02. The van der Waals surface area contributed by atoms with Gasteiger partial charge in [-0.05, 0) is 31.0 Å². The lowest BCUT2D eigenvalue weighted by Gasteiger charge is -2.26. The van der Waals surface area contributed by atoms with Crippen LogP contribution in [0.4, 0.5) is 10.2 Å². The summed E-state index contributed by atoms with van der Waals surface area (Å²) in [7, 11) is 4.77. The molecule has 2 amide bonds. The van der Waals surface area contributed by atoms with Crippen molar-refractivity contribution in [2.75, 3.05) is 26.1 Å². The number of carbonyl (C=O) groups excluding carboxylic acids is 2. The maximum absolute atomic E-state index is 13.8. The summed E-state index contributed by atoms with van der Waals surface area (Å²) in [6.45, 7) is 0. The molecule has 0 unspecified atom stereocenters.